The second-order valence-corrected chi connectivity index (χ2v) is 3.12. The number of aromatic nitrogens is 1. The quantitative estimate of drug-likeness (QED) is 0.542. The lowest BCUT2D eigenvalue weighted by Gasteiger charge is -2.24. The topological polar surface area (TPSA) is 39.2 Å². The third-order valence-corrected chi connectivity index (χ3v) is 1.92. The van der Waals surface area contributed by atoms with E-state index in [9.17, 15) is 4.79 Å². The first-order valence-electron chi connectivity index (χ1n) is 4.33. The third kappa shape index (κ3) is 2.19. The molecule has 3 heteroatoms. The van der Waals surface area contributed by atoms with E-state index < -0.39 is 5.60 Å². The Bertz CT molecular complexity index is 334. The van der Waals surface area contributed by atoms with Gasteiger partial charge >= 0.3 is 5.97 Å². The van der Waals surface area contributed by atoms with Crippen molar-refractivity contribution in [3.05, 3.63) is 42.7 Å². The summed E-state index contributed by atoms with van der Waals surface area (Å²) in [6.45, 7) is 6.76. The molecule has 1 aromatic heterocycles. The molecular formula is C11H13NO2. The Kier molecular flexibility index (Phi) is 3.02. The summed E-state index contributed by atoms with van der Waals surface area (Å²) < 4.78 is 5.15. The fraction of sp³-hybridized carbons (Fsp3) is 0.273. The van der Waals surface area contributed by atoms with Crippen LogP contribution in [0.4, 0.5) is 0 Å². The molecule has 0 saturated heterocycles. The normalized spacial score (nSPS) is 14.1. The molecule has 1 atom stereocenters. The molecule has 0 saturated carbocycles. The van der Waals surface area contributed by atoms with Gasteiger partial charge in [-0.1, -0.05) is 12.6 Å². The number of ether oxygens (including phenoxy) is 1. The molecule has 0 fully saturated rings. The van der Waals surface area contributed by atoms with Crippen LogP contribution < -0.4 is 0 Å². The summed E-state index contributed by atoms with van der Waals surface area (Å²) in [4.78, 5) is 15.0. The standard InChI is InChI=1S/C11H13NO2/c1-4-11(3,14-9(2)13)10-7-5-6-8-12-10/h4-8H,1H2,2-3H3. The number of esters is 1. The van der Waals surface area contributed by atoms with Crippen LogP contribution in [-0.2, 0) is 15.1 Å². The molecule has 1 rings (SSSR count). The molecule has 1 unspecified atom stereocenters. The number of carbonyl (C=O) groups excluding carboxylic acids is 1. The van der Waals surface area contributed by atoms with Crippen molar-refractivity contribution in [2.24, 2.45) is 0 Å². The van der Waals surface area contributed by atoms with Crippen LogP contribution in [0.1, 0.15) is 19.5 Å². The van der Waals surface area contributed by atoms with Crippen LogP contribution in [0.2, 0.25) is 0 Å². The molecule has 0 aromatic carbocycles. The average Bonchev–Trinajstić information content (AvgIpc) is 2.18. The summed E-state index contributed by atoms with van der Waals surface area (Å²) in [7, 11) is 0. The van der Waals surface area contributed by atoms with Crippen LogP contribution in [0.25, 0.3) is 0 Å². The van der Waals surface area contributed by atoms with Crippen molar-refractivity contribution in [2.75, 3.05) is 0 Å². The number of pyridine rings is 1. The smallest absolute Gasteiger partial charge is 0.303 e. The van der Waals surface area contributed by atoms with E-state index in [-0.39, 0.29) is 5.97 Å². The molecule has 14 heavy (non-hydrogen) atoms. The summed E-state index contributed by atoms with van der Waals surface area (Å²) in [5, 5.41) is 0. The molecule has 74 valence electrons. The van der Waals surface area contributed by atoms with Gasteiger partial charge in [0, 0.05) is 13.1 Å². The largest absolute Gasteiger partial charge is 0.449 e. The van der Waals surface area contributed by atoms with Gasteiger partial charge in [-0.25, -0.2) is 0 Å². The SMILES string of the molecule is C=CC(C)(OC(C)=O)c1ccccn1. The van der Waals surface area contributed by atoms with E-state index in [1.807, 2.05) is 6.07 Å². The molecule has 0 radical (unpaired) electrons. The molecule has 1 aromatic rings. The molecule has 0 amide bonds. The maximum absolute atomic E-state index is 10.9. The maximum Gasteiger partial charge on any atom is 0.303 e. The van der Waals surface area contributed by atoms with Crippen LogP contribution in [-0.4, -0.2) is 11.0 Å². The van der Waals surface area contributed by atoms with Gasteiger partial charge in [-0.3, -0.25) is 9.78 Å². The van der Waals surface area contributed by atoms with E-state index in [1.54, 1.807) is 31.3 Å². The zero-order valence-corrected chi connectivity index (χ0v) is 8.36. The maximum atomic E-state index is 10.9. The summed E-state index contributed by atoms with van der Waals surface area (Å²) in [5.74, 6) is -0.349. The van der Waals surface area contributed by atoms with Gasteiger partial charge in [-0.2, -0.15) is 0 Å². The average molecular weight is 191 g/mol. The lowest BCUT2D eigenvalue weighted by molar-refractivity contribution is -0.152. The number of hydrogen-bond acceptors (Lipinski definition) is 3. The van der Waals surface area contributed by atoms with Gasteiger partial charge in [0.1, 0.15) is 0 Å². The van der Waals surface area contributed by atoms with Gasteiger partial charge in [0.05, 0.1) is 5.69 Å². The molecule has 0 aliphatic carbocycles. The molecular weight excluding hydrogens is 178 g/mol. The highest BCUT2D eigenvalue weighted by molar-refractivity contribution is 5.67. The van der Waals surface area contributed by atoms with Crippen LogP contribution in [0.15, 0.2) is 37.1 Å². The van der Waals surface area contributed by atoms with Gasteiger partial charge in [0.2, 0.25) is 0 Å². The Morgan fingerprint density at radius 2 is 2.36 bits per heavy atom. The van der Waals surface area contributed by atoms with E-state index in [1.165, 1.54) is 6.92 Å². The second kappa shape index (κ2) is 4.05. The fourth-order valence-corrected chi connectivity index (χ4v) is 1.15. The van der Waals surface area contributed by atoms with Crippen LogP contribution in [0, 0.1) is 0 Å². The van der Waals surface area contributed by atoms with E-state index in [0.29, 0.717) is 5.69 Å². The zero-order chi connectivity index (χ0) is 10.6. The Labute approximate surface area is 83.4 Å². The summed E-state index contributed by atoms with van der Waals surface area (Å²) >= 11 is 0. The van der Waals surface area contributed by atoms with Crippen molar-refractivity contribution in [1.29, 1.82) is 0 Å². The number of carbonyl (C=O) groups is 1. The highest BCUT2D eigenvalue weighted by atomic mass is 16.6. The monoisotopic (exact) mass is 191 g/mol. The highest BCUT2D eigenvalue weighted by Gasteiger charge is 2.27. The van der Waals surface area contributed by atoms with E-state index >= 15 is 0 Å². The van der Waals surface area contributed by atoms with Gasteiger partial charge in [-0.15, -0.1) is 0 Å². The van der Waals surface area contributed by atoms with Gasteiger partial charge in [0.15, 0.2) is 5.60 Å². The van der Waals surface area contributed by atoms with E-state index in [2.05, 4.69) is 11.6 Å². The molecule has 1 heterocycles. The third-order valence-electron chi connectivity index (χ3n) is 1.92. The van der Waals surface area contributed by atoms with Crippen molar-refractivity contribution in [1.82, 2.24) is 4.98 Å². The lowest BCUT2D eigenvalue weighted by atomic mass is 10.0. The first-order chi connectivity index (χ1) is 6.58. The Morgan fingerprint density at radius 1 is 1.64 bits per heavy atom. The van der Waals surface area contributed by atoms with Crippen LogP contribution >= 0.6 is 0 Å². The van der Waals surface area contributed by atoms with Crippen LogP contribution in [0.5, 0.6) is 0 Å². The lowest BCUT2D eigenvalue weighted by Crippen LogP contribution is -2.26. The predicted octanol–water partition coefficient (Wildman–Crippen LogP) is 2.05. The Balaban J connectivity index is 3.01. The Hall–Kier alpha value is -1.64. The number of hydrogen-bond donors (Lipinski definition) is 0. The molecule has 0 aliphatic rings. The van der Waals surface area contributed by atoms with Crippen LogP contribution in [0.3, 0.4) is 0 Å². The van der Waals surface area contributed by atoms with Crippen molar-refractivity contribution < 1.29 is 9.53 Å². The minimum Gasteiger partial charge on any atom is -0.449 e. The summed E-state index contributed by atoms with van der Waals surface area (Å²) in [6, 6.07) is 5.44. The second-order valence-electron chi connectivity index (χ2n) is 3.12. The molecule has 0 spiro atoms. The molecule has 0 aliphatic heterocycles. The minimum atomic E-state index is -0.840. The Morgan fingerprint density at radius 3 is 2.79 bits per heavy atom. The number of rotatable bonds is 3. The molecule has 3 nitrogen and oxygen atoms in total. The van der Waals surface area contributed by atoms with Crippen molar-refractivity contribution in [3.8, 4) is 0 Å². The minimum absolute atomic E-state index is 0.349. The number of nitrogens with zero attached hydrogens (tertiary/aromatic N) is 1. The summed E-state index contributed by atoms with van der Waals surface area (Å²) in [5.41, 5.74) is -0.169. The van der Waals surface area contributed by atoms with Crippen molar-refractivity contribution >= 4 is 5.97 Å². The predicted molar refractivity (Wildman–Crippen MR) is 53.6 cm³/mol. The van der Waals surface area contributed by atoms with Gasteiger partial charge < -0.3 is 4.74 Å². The summed E-state index contributed by atoms with van der Waals surface area (Å²) in [6.07, 6.45) is 3.22. The van der Waals surface area contributed by atoms with Crippen molar-refractivity contribution in [2.45, 2.75) is 19.4 Å². The highest BCUT2D eigenvalue weighted by Crippen LogP contribution is 2.24. The first-order valence-corrected chi connectivity index (χ1v) is 4.33. The van der Waals surface area contributed by atoms with E-state index in [4.69, 9.17) is 4.74 Å². The first kappa shape index (κ1) is 10.4. The van der Waals surface area contributed by atoms with Gasteiger partial charge in [0.25, 0.3) is 0 Å². The van der Waals surface area contributed by atoms with Gasteiger partial charge in [-0.05, 0) is 25.1 Å². The molecule has 0 N–H and O–H groups in total. The van der Waals surface area contributed by atoms with Crippen molar-refractivity contribution in [3.63, 3.8) is 0 Å². The fourth-order valence-electron chi connectivity index (χ4n) is 1.15. The molecule has 0 bridgehead atoms. The van der Waals surface area contributed by atoms with E-state index in [0.717, 1.165) is 0 Å². The zero-order valence-electron chi connectivity index (χ0n) is 8.36.